The number of aliphatic carboxylic acids is 1. The van der Waals surface area contributed by atoms with E-state index in [9.17, 15) is 13.4 Å². The highest BCUT2D eigenvalue weighted by molar-refractivity contribution is 7.84. The molecule has 0 saturated heterocycles. The molecule has 2 aromatic heterocycles. The van der Waals surface area contributed by atoms with Gasteiger partial charge >= 0.3 is 5.97 Å². The summed E-state index contributed by atoms with van der Waals surface area (Å²) < 4.78 is 26.5. The molecule has 2 N–H and O–H groups in total. The highest BCUT2D eigenvalue weighted by Gasteiger charge is 2.23. The van der Waals surface area contributed by atoms with Gasteiger partial charge in [-0.25, -0.2) is 9.37 Å². The number of benzene rings is 2. The van der Waals surface area contributed by atoms with Gasteiger partial charge in [0.2, 0.25) is 0 Å². The Balaban J connectivity index is 1.60. The number of hydrogen-bond acceptors (Lipinski definition) is 3. The number of carbonyl (C=O) groups is 1. The van der Waals surface area contributed by atoms with Crippen LogP contribution >= 0.6 is 0 Å². The fraction of sp³-hybridized carbons (Fsp3) is 0.231. The van der Waals surface area contributed by atoms with Crippen molar-refractivity contribution in [1.29, 1.82) is 0 Å². The fourth-order valence-electron chi connectivity index (χ4n) is 4.03. The molecular weight excluding hydrogens is 439 g/mol. The molecule has 2 aromatic carbocycles. The van der Waals surface area contributed by atoms with Gasteiger partial charge in [0, 0.05) is 39.3 Å². The topological polar surface area (TPSA) is 83.1 Å². The summed E-state index contributed by atoms with van der Waals surface area (Å²) in [5, 5.41) is 9.11. The molecule has 0 amide bonds. The Labute approximate surface area is 194 Å². The molecule has 4 aromatic rings. The lowest BCUT2D eigenvalue weighted by atomic mass is 9.84. The van der Waals surface area contributed by atoms with E-state index in [2.05, 4.69) is 9.97 Å². The quantitative estimate of drug-likeness (QED) is 0.361. The SMILES string of the molecule is CS(=O)c1ccc(-c2ccc(-c3nc4cc(CC(C)(C)CC(=O)O)[nH]c4cc3F)cc2)cc1. The molecule has 0 radical (unpaired) electrons. The number of hydrogen-bond donors (Lipinski definition) is 2. The Bertz CT molecular complexity index is 1340. The first-order chi connectivity index (χ1) is 15.6. The van der Waals surface area contributed by atoms with E-state index in [0.717, 1.165) is 21.7 Å². The summed E-state index contributed by atoms with van der Waals surface area (Å²) in [5.41, 5.74) is 4.50. The van der Waals surface area contributed by atoms with Crippen molar-refractivity contribution < 1.29 is 18.5 Å². The van der Waals surface area contributed by atoms with Crippen LogP contribution in [0.25, 0.3) is 33.4 Å². The van der Waals surface area contributed by atoms with Crippen molar-refractivity contribution in [2.45, 2.75) is 31.6 Å². The first-order valence-electron chi connectivity index (χ1n) is 10.6. The van der Waals surface area contributed by atoms with E-state index < -0.39 is 28.0 Å². The molecule has 5 nitrogen and oxygen atoms in total. The van der Waals surface area contributed by atoms with Crippen LogP contribution in [0.3, 0.4) is 0 Å². The number of carboxylic acid groups (broad SMARTS) is 1. The zero-order valence-corrected chi connectivity index (χ0v) is 19.5. The molecule has 0 aliphatic rings. The second kappa shape index (κ2) is 8.90. The average Bonchev–Trinajstić information content (AvgIpc) is 3.12. The molecule has 0 aliphatic carbocycles. The number of aromatic amines is 1. The predicted octanol–water partition coefficient (Wildman–Crippen LogP) is 5.82. The van der Waals surface area contributed by atoms with E-state index in [1.165, 1.54) is 6.07 Å². The number of fused-ring (bicyclic) bond motifs is 1. The van der Waals surface area contributed by atoms with E-state index >= 15 is 0 Å². The molecule has 33 heavy (non-hydrogen) atoms. The number of nitrogens with zero attached hydrogens (tertiary/aromatic N) is 1. The minimum Gasteiger partial charge on any atom is -0.481 e. The number of carboxylic acids is 1. The van der Waals surface area contributed by atoms with Gasteiger partial charge in [-0.15, -0.1) is 0 Å². The van der Waals surface area contributed by atoms with Crippen molar-refractivity contribution in [2.24, 2.45) is 5.41 Å². The maximum Gasteiger partial charge on any atom is 0.303 e. The van der Waals surface area contributed by atoms with Crippen LogP contribution in [0.15, 0.2) is 65.6 Å². The minimum absolute atomic E-state index is 0.0424. The summed E-state index contributed by atoms with van der Waals surface area (Å²) in [6.07, 6.45) is 2.21. The van der Waals surface area contributed by atoms with E-state index in [1.807, 2.05) is 68.4 Å². The minimum atomic E-state index is -1.02. The van der Waals surface area contributed by atoms with E-state index in [0.29, 0.717) is 23.0 Å². The molecule has 1 atom stereocenters. The van der Waals surface area contributed by atoms with Crippen molar-refractivity contribution in [3.05, 3.63) is 72.2 Å². The third-order valence-corrected chi connectivity index (χ3v) is 6.52. The molecule has 7 heteroatoms. The van der Waals surface area contributed by atoms with Crippen molar-refractivity contribution >= 4 is 27.8 Å². The summed E-state index contributed by atoms with van der Waals surface area (Å²) >= 11 is 0. The Morgan fingerprint density at radius 3 is 2.18 bits per heavy atom. The van der Waals surface area contributed by atoms with Crippen LogP contribution < -0.4 is 0 Å². The summed E-state index contributed by atoms with van der Waals surface area (Å²) in [6, 6.07) is 18.3. The summed E-state index contributed by atoms with van der Waals surface area (Å²) in [5.74, 6) is -1.27. The molecule has 0 saturated carbocycles. The van der Waals surface area contributed by atoms with Crippen LogP contribution in [0.5, 0.6) is 0 Å². The summed E-state index contributed by atoms with van der Waals surface area (Å²) in [4.78, 5) is 19.6. The normalized spacial score (nSPS) is 12.7. The predicted molar refractivity (Wildman–Crippen MR) is 129 cm³/mol. The van der Waals surface area contributed by atoms with Crippen LogP contribution in [0, 0.1) is 11.2 Å². The molecule has 0 bridgehead atoms. The van der Waals surface area contributed by atoms with Crippen molar-refractivity contribution in [1.82, 2.24) is 9.97 Å². The molecule has 2 heterocycles. The molecule has 0 aliphatic heterocycles. The molecule has 1 unspecified atom stereocenters. The summed E-state index contributed by atoms with van der Waals surface area (Å²) in [6.45, 7) is 3.78. The van der Waals surface area contributed by atoms with E-state index in [1.54, 1.807) is 6.26 Å². The van der Waals surface area contributed by atoms with E-state index in [4.69, 9.17) is 5.11 Å². The Hall–Kier alpha value is -3.32. The van der Waals surface area contributed by atoms with Gasteiger partial charge in [-0.2, -0.15) is 0 Å². The summed E-state index contributed by atoms with van der Waals surface area (Å²) in [7, 11) is -1.02. The van der Waals surface area contributed by atoms with Gasteiger partial charge < -0.3 is 10.1 Å². The van der Waals surface area contributed by atoms with Crippen molar-refractivity contribution in [3.63, 3.8) is 0 Å². The maximum atomic E-state index is 14.9. The second-order valence-corrected chi connectivity index (χ2v) is 10.4. The molecular formula is C26H25FN2O3S. The van der Waals surface area contributed by atoms with Gasteiger partial charge in [-0.3, -0.25) is 9.00 Å². The molecule has 170 valence electrons. The van der Waals surface area contributed by atoms with Crippen LogP contribution in [-0.2, 0) is 22.0 Å². The monoisotopic (exact) mass is 464 g/mol. The largest absolute Gasteiger partial charge is 0.481 e. The third-order valence-electron chi connectivity index (χ3n) is 5.59. The van der Waals surface area contributed by atoms with Crippen molar-refractivity contribution in [3.8, 4) is 22.4 Å². The number of H-pyrrole nitrogens is 1. The Morgan fingerprint density at radius 1 is 1.03 bits per heavy atom. The van der Waals surface area contributed by atoms with Gasteiger partial charge in [0.05, 0.1) is 17.5 Å². The second-order valence-electron chi connectivity index (χ2n) is 9.01. The smallest absolute Gasteiger partial charge is 0.303 e. The number of pyridine rings is 1. The van der Waals surface area contributed by atoms with Gasteiger partial charge in [-0.05, 0) is 41.2 Å². The van der Waals surface area contributed by atoms with Gasteiger partial charge in [-0.1, -0.05) is 50.2 Å². The lowest BCUT2D eigenvalue weighted by Gasteiger charge is -2.21. The highest BCUT2D eigenvalue weighted by Crippen LogP contribution is 2.30. The van der Waals surface area contributed by atoms with Crippen LogP contribution in [0.4, 0.5) is 4.39 Å². The van der Waals surface area contributed by atoms with Crippen molar-refractivity contribution in [2.75, 3.05) is 6.26 Å². The standard InChI is InChI=1S/C26H25FN2O3S/c1-26(2,15-24(30)31)14-19-12-22-23(28-19)13-21(27)25(29-22)18-6-4-16(5-7-18)17-8-10-20(11-9-17)33(3)32/h4-13,28H,14-15H2,1-3H3,(H,30,31). The zero-order valence-electron chi connectivity index (χ0n) is 18.7. The van der Waals surface area contributed by atoms with Gasteiger partial charge in [0.1, 0.15) is 5.69 Å². The number of rotatable bonds is 7. The number of aromatic nitrogens is 2. The lowest BCUT2D eigenvalue weighted by molar-refractivity contribution is -0.139. The van der Waals surface area contributed by atoms with Gasteiger partial charge in [0.25, 0.3) is 0 Å². The zero-order chi connectivity index (χ0) is 23.8. The molecule has 0 spiro atoms. The highest BCUT2D eigenvalue weighted by atomic mass is 32.2. The number of nitrogens with one attached hydrogen (secondary N) is 1. The molecule has 0 fully saturated rings. The van der Waals surface area contributed by atoms with Gasteiger partial charge in [0.15, 0.2) is 5.82 Å². The maximum absolute atomic E-state index is 14.9. The lowest BCUT2D eigenvalue weighted by Crippen LogP contribution is -2.19. The first kappa shape index (κ1) is 22.9. The van der Waals surface area contributed by atoms with Crippen LogP contribution in [0.1, 0.15) is 26.0 Å². The Morgan fingerprint density at radius 2 is 1.61 bits per heavy atom. The third kappa shape index (κ3) is 5.20. The van der Waals surface area contributed by atoms with Crippen LogP contribution in [-0.4, -0.2) is 31.5 Å². The fourth-order valence-corrected chi connectivity index (χ4v) is 4.55. The van der Waals surface area contributed by atoms with Crippen LogP contribution in [0.2, 0.25) is 0 Å². The van der Waals surface area contributed by atoms with E-state index in [-0.39, 0.29) is 12.1 Å². The average molecular weight is 465 g/mol. The molecule has 4 rings (SSSR count). The number of halogens is 1. The Kier molecular flexibility index (Phi) is 6.17. The first-order valence-corrected chi connectivity index (χ1v) is 12.1.